The van der Waals surface area contributed by atoms with Crippen LogP contribution in [0.3, 0.4) is 0 Å². The summed E-state index contributed by atoms with van der Waals surface area (Å²) in [5.41, 5.74) is 4.38. The summed E-state index contributed by atoms with van der Waals surface area (Å²) >= 11 is 6.21. The number of aryl methyl sites for hydroxylation is 3. The van der Waals surface area contributed by atoms with Crippen molar-refractivity contribution >= 4 is 43.9 Å². The van der Waals surface area contributed by atoms with Gasteiger partial charge in [0.25, 0.3) is 5.56 Å². The molecule has 1 saturated heterocycles. The summed E-state index contributed by atoms with van der Waals surface area (Å²) in [6.45, 7) is 2.12. The molecule has 15 heteroatoms. The van der Waals surface area contributed by atoms with E-state index >= 15 is 0 Å². The molecule has 0 bridgehead atoms. The fourth-order valence-electron chi connectivity index (χ4n) is 6.29. The summed E-state index contributed by atoms with van der Waals surface area (Å²) in [5, 5.41) is 15.5. The van der Waals surface area contributed by atoms with Crippen molar-refractivity contribution in [1.82, 2.24) is 43.4 Å². The van der Waals surface area contributed by atoms with Gasteiger partial charge in [0, 0.05) is 30.2 Å². The molecule has 1 aliphatic carbocycles. The molecule has 5 aromatic rings. The summed E-state index contributed by atoms with van der Waals surface area (Å²) in [6.07, 6.45) is 4.44. The van der Waals surface area contributed by atoms with Crippen LogP contribution in [0.1, 0.15) is 65.5 Å². The molecule has 1 atom stereocenters. The number of nitrogens with zero attached hydrogens (tertiary/aromatic N) is 9. The van der Waals surface area contributed by atoms with E-state index in [2.05, 4.69) is 25.7 Å². The molecular formula is C29H33ClN10O3S. The quantitative estimate of drug-likeness (QED) is 0.264. The van der Waals surface area contributed by atoms with E-state index in [9.17, 15) is 13.2 Å². The lowest BCUT2D eigenvalue weighted by atomic mass is 9.94. The molecule has 230 valence electrons. The van der Waals surface area contributed by atoms with Crippen molar-refractivity contribution in [3.8, 4) is 11.5 Å². The van der Waals surface area contributed by atoms with E-state index in [1.807, 2.05) is 30.4 Å². The normalized spacial score (nSPS) is 18.8. The van der Waals surface area contributed by atoms with E-state index in [4.69, 9.17) is 20.7 Å². The number of pyridine rings is 1. The highest BCUT2D eigenvalue weighted by Gasteiger charge is 2.41. The molecule has 13 nitrogen and oxygen atoms in total. The molecular weight excluding hydrogens is 604 g/mol. The number of benzene rings is 1. The van der Waals surface area contributed by atoms with Crippen molar-refractivity contribution in [3.05, 3.63) is 62.9 Å². The van der Waals surface area contributed by atoms with Gasteiger partial charge in [0.2, 0.25) is 15.8 Å². The van der Waals surface area contributed by atoms with Gasteiger partial charge in [-0.1, -0.05) is 17.7 Å². The molecule has 1 N–H and O–H groups in total. The highest BCUT2D eigenvalue weighted by atomic mass is 35.5. The van der Waals surface area contributed by atoms with Gasteiger partial charge in [-0.3, -0.25) is 13.8 Å². The lowest BCUT2D eigenvalue weighted by molar-refractivity contribution is 0.317. The maximum atomic E-state index is 13.9. The molecule has 0 amide bonds. The highest BCUT2D eigenvalue weighted by Crippen LogP contribution is 2.37. The fraction of sp³-hybridized carbons (Fsp3) is 0.448. The predicted molar refractivity (Wildman–Crippen MR) is 167 cm³/mol. The average molecular weight is 640 g/mol. The van der Waals surface area contributed by atoms with Crippen LogP contribution in [0.25, 0.3) is 28.1 Å². The van der Waals surface area contributed by atoms with Crippen LogP contribution in [0.2, 0.25) is 5.15 Å². The van der Waals surface area contributed by atoms with E-state index in [-0.39, 0.29) is 33.4 Å². The number of anilines is 1. The van der Waals surface area contributed by atoms with Crippen LogP contribution >= 0.6 is 11.6 Å². The summed E-state index contributed by atoms with van der Waals surface area (Å²) in [7, 11) is -1.51. The molecule has 1 aromatic carbocycles. The smallest absolute Gasteiger partial charge is 0.261 e. The molecule has 1 unspecified atom stereocenters. The predicted octanol–water partition coefficient (Wildman–Crippen LogP) is 3.58. The molecule has 1 aliphatic heterocycles. The van der Waals surface area contributed by atoms with Gasteiger partial charge < -0.3 is 5.32 Å². The zero-order valence-corrected chi connectivity index (χ0v) is 26.0. The summed E-state index contributed by atoms with van der Waals surface area (Å²) in [5.74, 6) is -0.0180. The minimum atomic E-state index is -3.24. The van der Waals surface area contributed by atoms with Gasteiger partial charge in [-0.25, -0.2) is 22.7 Å². The van der Waals surface area contributed by atoms with Crippen LogP contribution in [-0.2, 0) is 24.0 Å². The van der Waals surface area contributed by atoms with E-state index in [1.54, 1.807) is 34.4 Å². The number of rotatable bonds is 7. The molecule has 2 fully saturated rings. The largest absolute Gasteiger partial charge is 0.377 e. The zero-order chi connectivity index (χ0) is 33.4. The molecule has 1 saturated carbocycles. The Balaban J connectivity index is 1.27. The third-order valence-corrected chi connectivity index (χ3v) is 11.2. The van der Waals surface area contributed by atoms with E-state index in [1.165, 1.54) is 0 Å². The Morgan fingerprint density at radius 1 is 1.16 bits per heavy atom. The van der Waals surface area contributed by atoms with Crippen LogP contribution in [0.15, 0.2) is 35.4 Å². The molecule has 44 heavy (non-hydrogen) atoms. The van der Waals surface area contributed by atoms with Gasteiger partial charge in [-0.15, -0.1) is 10.2 Å². The molecule has 7 rings (SSSR count). The van der Waals surface area contributed by atoms with E-state index in [0.29, 0.717) is 53.0 Å². The van der Waals surface area contributed by atoms with Crippen molar-refractivity contribution in [2.45, 2.75) is 56.7 Å². The van der Waals surface area contributed by atoms with Gasteiger partial charge in [0.05, 0.1) is 40.6 Å². The van der Waals surface area contributed by atoms with Gasteiger partial charge in [-0.05, 0) is 74.1 Å². The second kappa shape index (κ2) is 10.6. The Kier molecular flexibility index (Phi) is 6.15. The van der Waals surface area contributed by atoms with Crippen molar-refractivity contribution in [2.75, 3.05) is 18.4 Å². The molecule has 0 spiro atoms. The van der Waals surface area contributed by atoms with Crippen LogP contribution in [-0.4, -0.2) is 70.2 Å². The number of imidazole rings is 1. The lowest BCUT2D eigenvalue weighted by Crippen LogP contribution is -2.39. The Bertz CT molecular complexity index is 2200. The number of fused-ring (bicyclic) bond motifs is 3. The van der Waals surface area contributed by atoms with Crippen LogP contribution in [0, 0.1) is 6.92 Å². The Morgan fingerprint density at radius 2 is 1.93 bits per heavy atom. The first-order valence-electron chi connectivity index (χ1n) is 16.0. The van der Waals surface area contributed by atoms with Gasteiger partial charge in [0.1, 0.15) is 22.8 Å². The molecule has 4 aromatic heterocycles. The molecule has 5 heterocycles. The Morgan fingerprint density at radius 3 is 2.64 bits per heavy atom. The minimum Gasteiger partial charge on any atom is -0.377 e. The maximum Gasteiger partial charge on any atom is 0.261 e. The summed E-state index contributed by atoms with van der Waals surface area (Å²) in [6, 6.07) is 6.77. The number of aromatic nitrogens is 8. The van der Waals surface area contributed by atoms with Crippen molar-refractivity contribution in [3.63, 3.8) is 0 Å². The number of piperidine rings is 1. The second-order valence-electron chi connectivity index (χ2n) is 11.7. The first-order chi connectivity index (χ1) is 22.2. The zero-order valence-electron chi connectivity index (χ0n) is 27.4. The van der Waals surface area contributed by atoms with Crippen molar-refractivity contribution in [1.29, 1.82) is 0 Å². The van der Waals surface area contributed by atoms with Crippen LogP contribution in [0.5, 0.6) is 0 Å². The van der Waals surface area contributed by atoms with Crippen molar-refractivity contribution < 1.29 is 12.5 Å². The highest BCUT2D eigenvalue weighted by molar-refractivity contribution is 7.90. The third kappa shape index (κ3) is 4.85. The minimum absolute atomic E-state index is 0.00309. The SMILES string of the molecule is [2H]C([2H])([2H])n1nnc(-c2nc(Cl)ccc2NC(C)c2cc(C)cc3c(=O)n(C)c4c(C5CCN(S(=O)(=O)C6CC6)CC5)ncn4c23)n1. The summed E-state index contributed by atoms with van der Waals surface area (Å²) < 4.78 is 53.6. The monoisotopic (exact) mass is 639 g/mol. The molecule has 0 radical (unpaired) electrons. The fourth-order valence-corrected chi connectivity index (χ4v) is 8.31. The first-order valence-corrected chi connectivity index (χ1v) is 16.3. The molecule has 2 aliphatic rings. The van der Waals surface area contributed by atoms with Crippen molar-refractivity contribution in [2.24, 2.45) is 14.0 Å². The third-order valence-electron chi connectivity index (χ3n) is 8.62. The van der Waals surface area contributed by atoms with Crippen LogP contribution < -0.4 is 10.9 Å². The lowest BCUT2D eigenvalue weighted by Gasteiger charge is -2.30. The van der Waals surface area contributed by atoms with E-state index < -0.39 is 23.0 Å². The Hall–Kier alpha value is -3.88. The second-order valence-corrected chi connectivity index (χ2v) is 14.3. The van der Waals surface area contributed by atoms with Crippen LogP contribution in [0.4, 0.5) is 5.69 Å². The number of hydrogen-bond acceptors (Lipinski definition) is 9. The number of halogens is 1. The topological polar surface area (TPSA) is 145 Å². The van der Waals surface area contributed by atoms with Gasteiger partial charge in [0.15, 0.2) is 0 Å². The number of hydrogen-bond donors (Lipinski definition) is 1. The Labute approximate surface area is 263 Å². The summed E-state index contributed by atoms with van der Waals surface area (Å²) in [4.78, 5) is 23.6. The number of sulfonamides is 1. The maximum absolute atomic E-state index is 13.9. The van der Waals surface area contributed by atoms with Gasteiger partial charge >= 0.3 is 0 Å². The number of tetrazole rings is 1. The average Bonchev–Trinajstić information content (AvgIpc) is 3.61. The first kappa shape index (κ1) is 25.4. The van der Waals surface area contributed by atoms with Gasteiger partial charge in [-0.2, -0.15) is 4.80 Å². The number of nitrogens with one attached hydrogen (secondary N) is 1. The standard InChI is InChI=1S/C29H33ClN10O3S/c1-16-13-20(17(2)32-22-7-8-23(30)33-25(22)27-34-36-38(4)35-27)26-21(14-16)29(41)37(3)28-24(31-15-40(26)28)18-9-11-39(12-10-18)44(42,43)19-5-6-19/h7-8,13-15,17-19,32H,5-6,9-12H2,1-4H3/i4D3. The van der Waals surface area contributed by atoms with E-state index in [0.717, 1.165) is 29.7 Å².